The van der Waals surface area contributed by atoms with Crippen LogP contribution in [0.4, 0.5) is 0 Å². The molecule has 0 fully saturated rings. The number of aryl methyl sites for hydroxylation is 2. The van der Waals surface area contributed by atoms with Gasteiger partial charge >= 0.3 is 0 Å². The summed E-state index contributed by atoms with van der Waals surface area (Å²) in [6.07, 6.45) is 7.00. The van der Waals surface area contributed by atoms with Gasteiger partial charge in [-0.2, -0.15) is 0 Å². The summed E-state index contributed by atoms with van der Waals surface area (Å²) in [5.41, 5.74) is 10.1. The molecule has 0 saturated carbocycles. The van der Waals surface area contributed by atoms with E-state index in [1.54, 1.807) is 6.26 Å². The molecule has 0 saturated heterocycles. The van der Waals surface area contributed by atoms with Crippen LogP contribution in [0.2, 0.25) is 0 Å². The Morgan fingerprint density at radius 1 is 1.44 bits per heavy atom. The van der Waals surface area contributed by atoms with Crippen molar-refractivity contribution in [2.24, 2.45) is 5.73 Å². The maximum atomic E-state index is 6.43. The van der Waals surface area contributed by atoms with Crippen LogP contribution in [0, 0.1) is 6.92 Å². The second-order valence-corrected chi connectivity index (χ2v) is 5.00. The van der Waals surface area contributed by atoms with Gasteiger partial charge in [-0.25, -0.2) is 0 Å². The lowest BCUT2D eigenvalue weighted by molar-refractivity contribution is 0.452. The molecule has 2 aromatic heterocycles. The molecule has 2 heterocycles. The summed E-state index contributed by atoms with van der Waals surface area (Å²) in [6, 6.07) is 6.15. The molecule has 0 aliphatic heterocycles. The van der Waals surface area contributed by atoms with Crippen LogP contribution >= 0.6 is 0 Å². The van der Waals surface area contributed by atoms with Crippen LogP contribution in [0.25, 0.3) is 0 Å². The van der Waals surface area contributed by atoms with Gasteiger partial charge in [-0.3, -0.25) is 4.98 Å². The molecule has 0 amide bonds. The minimum atomic E-state index is -0.0160. The Labute approximate surface area is 107 Å². The number of furan rings is 1. The minimum Gasteiger partial charge on any atom is -0.469 e. The van der Waals surface area contributed by atoms with Crippen molar-refractivity contribution >= 4 is 0 Å². The highest BCUT2D eigenvalue weighted by atomic mass is 16.3. The fourth-order valence-corrected chi connectivity index (χ4v) is 2.95. The number of rotatable bonds is 2. The van der Waals surface area contributed by atoms with Crippen LogP contribution in [-0.4, -0.2) is 4.98 Å². The molecule has 3 heteroatoms. The lowest BCUT2D eigenvalue weighted by atomic mass is 9.80. The van der Waals surface area contributed by atoms with Gasteiger partial charge in [0.05, 0.1) is 6.26 Å². The molecule has 3 rings (SSSR count). The number of hydrogen-bond donors (Lipinski definition) is 1. The van der Waals surface area contributed by atoms with Crippen molar-refractivity contribution in [3.8, 4) is 0 Å². The molecule has 2 N–H and O–H groups in total. The predicted molar refractivity (Wildman–Crippen MR) is 70.3 cm³/mol. The first-order valence-corrected chi connectivity index (χ1v) is 6.50. The minimum absolute atomic E-state index is 0.0160. The van der Waals surface area contributed by atoms with Crippen LogP contribution < -0.4 is 5.73 Å². The molecular formula is C15H18N2O. The van der Waals surface area contributed by atoms with Gasteiger partial charge in [0.25, 0.3) is 0 Å². The largest absolute Gasteiger partial charge is 0.469 e. The zero-order valence-electron chi connectivity index (χ0n) is 10.6. The quantitative estimate of drug-likeness (QED) is 0.880. The summed E-state index contributed by atoms with van der Waals surface area (Å²) in [4.78, 5) is 4.55. The van der Waals surface area contributed by atoms with Crippen molar-refractivity contribution in [3.05, 3.63) is 53.2 Å². The van der Waals surface area contributed by atoms with Crippen molar-refractivity contribution in [3.63, 3.8) is 0 Å². The van der Waals surface area contributed by atoms with Gasteiger partial charge in [0.15, 0.2) is 0 Å². The summed E-state index contributed by atoms with van der Waals surface area (Å²) in [7, 11) is 0. The normalized spacial score (nSPS) is 20.4. The van der Waals surface area contributed by atoms with E-state index in [0.717, 1.165) is 24.2 Å². The Balaban J connectivity index is 1.97. The van der Waals surface area contributed by atoms with Crippen LogP contribution in [0.3, 0.4) is 0 Å². The van der Waals surface area contributed by atoms with Gasteiger partial charge in [0, 0.05) is 29.4 Å². The van der Waals surface area contributed by atoms with Crippen LogP contribution in [0.1, 0.15) is 47.4 Å². The van der Waals surface area contributed by atoms with Crippen molar-refractivity contribution in [2.45, 2.75) is 38.1 Å². The van der Waals surface area contributed by atoms with E-state index in [-0.39, 0.29) is 6.04 Å². The predicted octanol–water partition coefficient (Wildman–Crippen LogP) is 3.10. The maximum absolute atomic E-state index is 6.43. The van der Waals surface area contributed by atoms with E-state index in [9.17, 15) is 0 Å². The molecule has 3 nitrogen and oxygen atoms in total. The first-order chi connectivity index (χ1) is 8.77. The monoisotopic (exact) mass is 242 g/mol. The second-order valence-electron chi connectivity index (χ2n) is 5.00. The molecule has 18 heavy (non-hydrogen) atoms. The highest BCUT2D eigenvalue weighted by Gasteiger charge is 2.29. The highest BCUT2D eigenvalue weighted by molar-refractivity contribution is 5.31. The van der Waals surface area contributed by atoms with Gasteiger partial charge in [-0.05, 0) is 43.9 Å². The summed E-state index contributed by atoms with van der Waals surface area (Å²) in [6.45, 7) is 1.97. The van der Waals surface area contributed by atoms with Gasteiger partial charge in [-0.1, -0.05) is 6.07 Å². The molecule has 2 aromatic rings. The van der Waals surface area contributed by atoms with Crippen molar-refractivity contribution in [2.75, 3.05) is 0 Å². The van der Waals surface area contributed by atoms with Gasteiger partial charge in [-0.15, -0.1) is 0 Å². The Kier molecular flexibility index (Phi) is 2.92. The third kappa shape index (κ3) is 1.85. The number of nitrogens with zero attached hydrogens (tertiary/aromatic N) is 1. The highest BCUT2D eigenvalue weighted by Crippen LogP contribution is 2.38. The van der Waals surface area contributed by atoms with Crippen LogP contribution in [0.5, 0.6) is 0 Å². The molecular weight excluding hydrogens is 224 g/mol. The number of fused-ring (bicyclic) bond motifs is 1. The fraction of sp³-hybridized carbons (Fsp3) is 0.400. The maximum Gasteiger partial charge on any atom is 0.105 e. The van der Waals surface area contributed by atoms with E-state index in [1.807, 2.05) is 25.3 Å². The summed E-state index contributed by atoms with van der Waals surface area (Å²) < 4.78 is 5.36. The average Bonchev–Trinajstić information content (AvgIpc) is 2.83. The van der Waals surface area contributed by atoms with Crippen molar-refractivity contribution in [1.82, 2.24) is 4.98 Å². The molecule has 1 aliphatic carbocycles. The third-order valence-corrected chi connectivity index (χ3v) is 3.93. The zero-order valence-corrected chi connectivity index (χ0v) is 10.6. The Hall–Kier alpha value is -1.61. The second kappa shape index (κ2) is 4.58. The topological polar surface area (TPSA) is 52.0 Å². The summed E-state index contributed by atoms with van der Waals surface area (Å²) in [5.74, 6) is 1.23. The molecule has 94 valence electrons. The zero-order chi connectivity index (χ0) is 12.5. The number of pyridine rings is 1. The first kappa shape index (κ1) is 11.5. The molecule has 2 atom stereocenters. The Bertz CT molecular complexity index is 547. The number of nitrogens with two attached hydrogens (primary N) is 1. The van der Waals surface area contributed by atoms with E-state index in [1.165, 1.54) is 17.7 Å². The van der Waals surface area contributed by atoms with Gasteiger partial charge < -0.3 is 10.2 Å². The molecule has 0 spiro atoms. The van der Waals surface area contributed by atoms with Crippen LogP contribution in [0.15, 0.2) is 35.1 Å². The van der Waals surface area contributed by atoms with Gasteiger partial charge in [0.1, 0.15) is 5.76 Å². The lowest BCUT2D eigenvalue weighted by Crippen LogP contribution is -2.24. The number of hydrogen-bond acceptors (Lipinski definition) is 3. The van der Waals surface area contributed by atoms with Crippen molar-refractivity contribution in [1.29, 1.82) is 0 Å². The molecule has 0 aromatic carbocycles. The van der Waals surface area contributed by atoms with E-state index < -0.39 is 0 Å². The molecule has 0 bridgehead atoms. The van der Waals surface area contributed by atoms with E-state index in [2.05, 4.69) is 11.1 Å². The smallest absolute Gasteiger partial charge is 0.105 e. The average molecular weight is 242 g/mol. The van der Waals surface area contributed by atoms with Crippen molar-refractivity contribution < 1.29 is 4.42 Å². The standard InChI is InChI=1S/C15H18N2O/c1-10-12(7-9-18-10)14(16)13-6-2-4-11-5-3-8-17-15(11)13/h3,5,7-9,13-14H,2,4,6,16H2,1H3. The third-order valence-electron chi connectivity index (χ3n) is 3.93. The number of aromatic nitrogens is 1. The summed E-state index contributed by atoms with van der Waals surface area (Å²) in [5, 5.41) is 0. The van der Waals surface area contributed by atoms with Gasteiger partial charge in [0.2, 0.25) is 0 Å². The van der Waals surface area contributed by atoms with E-state index in [4.69, 9.17) is 10.2 Å². The summed E-state index contributed by atoms with van der Waals surface area (Å²) >= 11 is 0. The van der Waals surface area contributed by atoms with E-state index >= 15 is 0 Å². The first-order valence-electron chi connectivity index (χ1n) is 6.50. The molecule has 0 radical (unpaired) electrons. The molecule has 2 unspecified atom stereocenters. The van der Waals surface area contributed by atoms with E-state index in [0.29, 0.717) is 5.92 Å². The fourth-order valence-electron chi connectivity index (χ4n) is 2.95. The van der Waals surface area contributed by atoms with Crippen LogP contribution in [-0.2, 0) is 6.42 Å². The SMILES string of the molecule is Cc1occc1C(N)C1CCCc2cccnc21. The Morgan fingerprint density at radius 2 is 2.33 bits per heavy atom. The lowest BCUT2D eigenvalue weighted by Gasteiger charge is -2.28. The molecule has 1 aliphatic rings. The Morgan fingerprint density at radius 3 is 3.11 bits per heavy atom.